The van der Waals surface area contributed by atoms with Gasteiger partial charge in [-0.15, -0.1) is 0 Å². The Morgan fingerprint density at radius 2 is 2.11 bits per heavy atom. The number of hydrogen-bond acceptors (Lipinski definition) is 4. The van der Waals surface area contributed by atoms with E-state index in [0.717, 1.165) is 5.75 Å². The smallest absolute Gasteiger partial charge is 0.163 e. The van der Waals surface area contributed by atoms with Gasteiger partial charge in [-0.1, -0.05) is 6.92 Å². The molecule has 0 spiro atoms. The van der Waals surface area contributed by atoms with Crippen molar-refractivity contribution in [3.63, 3.8) is 0 Å². The summed E-state index contributed by atoms with van der Waals surface area (Å²) in [5.41, 5.74) is 0.712. The van der Waals surface area contributed by atoms with E-state index in [1.807, 2.05) is 6.92 Å². The van der Waals surface area contributed by atoms with Crippen molar-refractivity contribution in [2.24, 2.45) is 5.92 Å². The Balaban J connectivity index is 1.91. The highest BCUT2D eigenvalue weighted by Crippen LogP contribution is 2.19. The van der Waals surface area contributed by atoms with E-state index >= 15 is 0 Å². The third kappa shape index (κ3) is 3.78. The number of methoxy groups -OCH3 is 1. The molecule has 0 radical (unpaired) electrons. The molecule has 2 rings (SSSR count). The van der Waals surface area contributed by atoms with Crippen LogP contribution >= 0.6 is 0 Å². The zero-order valence-corrected chi connectivity index (χ0v) is 11.4. The van der Waals surface area contributed by atoms with Crippen LogP contribution in [-0.4, -0.2) is 38.8 Å². The number of carbonyl (C=O) groups excluding carboxylic acids is 1. The second kappa shape index (κ2) is 6.68. The lowest BCUT2D eigenvalue weighted by molar-refractivity contribution is -0.107. The van der Waals surface area contributed by atoms with Gasteiger partial charge in [-0.2, -0.15) is 0 Å². The molecule has 1 aromatic rings. The summed E-state index contributed by atoms with van der Waals surface area (Å²) in [5.74, 6) is 1.05. The van der Waals surface area contributed by atoms with Crippen LogP contribution in [0, 0.1) is 5.92 Å². The minimum Gasteiger partial charge on any atom is -0.497 e. The van der Waals surface area contributed by atoms with E-state index < -0.39 is 0 Å². The van der Waals surface area contributed by atoms with Gasteiger partial charge in [-0.25, -0.2) is 0 Å². The van der Waals surface area contributed by atoms with E-state index in [-0.39, 0.29) is 17.8 Å². The number of ether oxygens (including phenoxy) is 3. The molecule has 19 heavy (non-hydrogen) atoms. The van der Waals surface area contributed by atoms with Crippen molar-refractivity contribution in [3.8, 4) is 5.75 Å². The van der Waals surface area contributed by atoms with Crippen LogP contribution in [0.2, 0.25) is 0 Å². The van der Waals surface area contributed by atoms with Crippen LogP contribution in [0.5, 0.6) is 5.75 Å². The summed E-state index contributed by atoms with van der Waals surface area (Å²) >= 11 is 0. The molecule has 4 nitrogen and oxygen atoms in total. The van der Waals surface area contributed by atoms with Crippen LogP contribution in [0.4, 0.5) is 0 Å². The van der Waals surface area contributed by atoms with Crippen molar-refractivity contribution >= 4 is 5.78 Å². The Morgan fingerprint density at radius 3 is 2.68 bits per heavy atom. The maximum atomic E-state index is 12.2. The maximum Gasteiger partial charge on any atom is 0.163 e. The summed E-state index contributed by atoms with van der Waals surface area (Å²) in [4.78, 5) is 12.2. The standard InChI is InChI=1S/C15H20O4/c1-11(15-10-18-7-8-19-15)9-14(16)12-3-5-13(17-2)6-4-12/h3-6,11,15H,7-10H2,1-2H3. The summed E-state index contributed by atoms with van der Waals surface area (Å²) in [6.45, 7) is 3.87. The molecule has 0 N–H and O–H groups in total. The monoisotopic (exact) mass is 264 g/mol. The van der Waals surface area contributed by atoms with Crippen molar-refractivity contribution in [1.29, 1.82) is 0 Å². The van der Waals surface area contributed by atoms with Gasteiger partial charge in [0.15, 0.2) is 5.78 Å². The van der Waals surface area contributed by atoms with Crippen molar-refractivity contribution in [3.05, 3.63) is 29.8 Å². The normalized spacial score (nSPS) is 20.8. The van der Waals surface area contributed by atoms with Gasteiger partial charge in [0.2, 0.25) is 0 Å². The Morgan fingerprint density at radius 1 is 1.37 bits per heavy atom. The van der Waals surface area contributed by atoms with Crippen molar-refractivity contribution in [2.45, 2.75) is 19.4 Å². The lowest BCUT2D eigenvalue weighted by Gasteiger charge is -2.27. The molecule has 1 heterocycles. The molecular formula is C15H20O4. The molecule has 0 saturated carbocycles. The molecule has 0 bridgehead atoms. The fourth-order valence-electron chi connectivity index (χ4n) is 2.15. The first-order chi connectivity index (χ1) is 9.20. The number of ketones is 1. The molecule has 0 amide bonds. The van der Waals surface area contributed by atoms with E-state index in [1.165, 1.54) is 0 Å². The molecule has 0 aromatic heterocycles. The number of rotatable bonds is 5. The quantitative estimate of drug-likeness (QED) is 0.766. The maximum absolute atomic E-state index is 12.2. The highest BCUT2D eigenvalue weighted by molar-refractivity contribution is 5.96. The molecule has 1 fully saturated rings. The number of hydrogen-bond donors (Lipinski definition) is 0. The average Bonchev–Trinajstić information content (AvgIpc) is 2.48. The third-order valence-corrected chi connectivity index (χ3v) is 3.40. The van der Waals surface area contributed by atoms with Crippen LogP contribution in [0.15, 0.2) is 24.3 Å². The summed E-state index contributed by atoms with van der Waals surface area (Å²) in [6, 6.07) is 7.20. The average molecular weight is 264 g/mol. The topological polar surface area (TPSA) is 44.8 Å². The first-order valence-electron chi connectivity index (χ1n) is 6.57. The van der Waals surface area contributed by atoms with Gasteiger partial charge < -0.3 is 14.2 Å². The predicted octanol–water partition coefficient (Wildman–Crippen LogP) is 2.32. The molecule has 1 aromatic carbocycles. The van der Waals surface area contributed by atoms with Gasteiger partial charge in [0.05, 0.1) is 33.0 Å². The van der Waals surface area contributed by atoms with Crippen LogP contribution in [0.3, 0.4) is 0 Å². The lowest BCUT2D eigenvalue weighted by Crippen LogP contribution is -2.34. The van der Waals surface area contributed by atoms with E-state index in [1.54, 1.807) is 31.4 Å². The fourth-order valence-corrected chi connectivity index (χ4v) is 2.15. The second-order valence-corrected chi connectivity index (χ2v) is 4.82. The predicted molar refractivity (Wildman–Crippen MR) is 71.7 cm³/mol. The Bertz CT molecular complexity index is 407. The van der Waals surface area contributed by atoms with Crippen LogP contribution in [0.25, 0.3) is 0 Å². The summed E-state index contributed by atoms with van der Waals surface area (Å²) < 4.78 is 16.1. The number of Topliss-reactive ketones (excluding diaryl/α,β-unsaturated/α-hetero) is 1. The highest BCUT2D eigenvalue weighted by atomic mass is 16.6. The van der Waals surface area contributed by atoms with Crippen molar-refractivity contribution < 1.29 is 19.0 Å². The number of carbonyl (C=O) groups is 1. The zero-order chi connectivity index (χ0) is 13.7. The van der Waals surface area contributed by atoms with Crippen LogP contribution in [-0.2, 0) is 9.47 Å². The van der Waals surface area contributed by atoms with E-state index in [4.69, 9.17) is 14.2 Å². The van der Waals surface area contributed by atoms with Gasteiger partial charge in [0, 0.05) is 12.0 Å². The first kappa shape index (κ1) is 14.0. The number of benzene rings is 1. The molecule has 1 aliphatic heterocycles. The molecule has 104 valence electrons. The van der Waals surface area contributed by atoms with Gasteiger partial charge in [0.1, 0.15) is 5.75 Å². The Kier molecular flexibility index (Phi) is 4.93. The molecule has 4 heteroatoms. The summed E-state index contributed by atoms with van der Waals surface area (Å²) in [7, 11) is 1.61. The first-order valence-corrected chi connectivity index (χ1v) is 6.57. The van der Waals surface area contributed by atoms with E-state index in [2.05, 4.69) is 0 Å². The van der Waals surface area contributed by atoms with E-state index in [0.29, 0.717) is 31.8 Å². The fraction of sp³-hybridized carbons (Fsp3) is 0.533. The van der Waals surface area contributed by atoms with Gasteiger partial charge in [-0.05, 0) is 30.2 Å². The van der Waals surface area contributed by atoms with E-state index in [9.17, 15) is 4.79 Å². The van der Waals surface area contributed by atoms with Gasteiger partial charge in [-0.3, -0.25) is 4.79 Å². The largest absolute Gasteiger partial charge is 0.497 e. The molecule has 0 aliphatic carbocycles. The summed E-state index contributed by atoms with van der Waals surface area (Å²) in [6.07, 6.45) is 0.497. The zero-order valence-electron chi connectivity index (χ0n) is 11.4. The highest BCUT2D eigenvalue weighted by Gasteiger charge is 2.23. The molecule has 2 atom stereocenters. The lowest BCUT2D eigenvalue weighted by atomic mass is 9.95. The Labute approximate surface area is 113 Å². The molecule has 1 saturated heterocycles. The van der Waals surface area contributed by atoms with Crippen molar-refractivity contribution in [1.82, 2.24) is 0 Å². The van der Waals surface area contributed by atoms with Gasteiger partial charge in [0.25, 0.3) is 0 Å². The third-order valence-electron chi connectivity index (χ3n) is 3.40. The molecule has 1 aliphatic rings. The molecule has 2 unspecified atom stereocenters. The van der Waals surface area contributed by atoms with Gasteiger partial charge >= 0.3 is 0 Å². The van der Waals surface area contributed by atoms with Crippen molar-refractivity contribution in [2.75, 3.05) is 26.9 Å². The summed E-state index contributed by atoms with van der Waals surface area (Å²) in [5, 5.41) is 0. The molecular weight excluding hydrogens is 244 g/mol. The SMILES string of the molecule is COc1ccc(C(=O)CC(C)C2COCCO2)cc1. The second-order valence-electron chi connectivity index (χ2n) is 4.82. The minimum absolute atomic E-state index is 0.0240. The van der Waals surface area contributed by atoms with Crippen LogP contribution < -0.4 is 4.74 Å². The minimum atomic E-state index is 0.0240. The Hall–Kier alpha value is -1.39. The van der Waals surface area contributed by atoms with Crippen LogP contribution in [0.1, 0.15) is 23.7 Å².